The fourth-order valence-electron chi connectivity index (χ4n) is 4.29. The topological polar surface area (TPSA) is 96.5 Å². The van der Waals surface area contributed by atoms with Gasteiger partial charge >= 0.3 is 0 Å². The molecule has 1 aromatic carbocycles. The molecule has 31 heavy (non-hydrogen) atoms. The summed E-state index contributed by atoms with van der Waals surface area (Å²) in [5.74, 6) is 14.1. The third-order valence-electron chi connectivity index (χ3n) is 6.00. The summed E-state index contributed by atoms with van der Waals surface area (Å²) in [7, 11) is 0. The molecule has 1 fully saturated rings. The predicted molar refractivity (Wildman–Crippen MR) is 119 cm³/mol. The number of quaternary nitrogens is 1. The molecular formula is C24H24N5O2+. The lowest BCUT2D eigenvalue weighted by Crippen LogP contribution is -2.50. The van der Waals surface area contributed by atoms with Crippen LogP contribution in [0.25, 0.3) is 0 Å². The molecule has 5 rings (SSSR count). The third kappa shape index (κ3) is 3.89. The zero-order valence-corrected chi connectivity index (χ0v) is 17.1. The van der Waals surface area contributed by atoms with Crippen molar-refractivity contribution in [3.63, 3.8) is 0 Å². The summed E-state index contributed by atoms with van der Waals surface area (Å²) >= 11 is 0. The van der Waals surface area contributed by atoms with Gasteiger partial charge in [-0.1, -0.05) is 42.7 Å². The number of amidine groups is 2. The van der Waals surface area contributed by atoms with Gasteiger partial charge in [-0.15, -0.1) is 5.84 Å². The number of hydrogen-bond donors (Lipinski definition) is 2. The van der Waals surface area contributed by atoms with Crippen LogP contribution in [0, 0.1) is 17.8 Å². The molecule has 1 saturated carbocycles. The summed E-state index contributed by atoms with van der Waals surface area (Å²) in [5.41, 5.74) is 0.628. The van der Waals surface area contributed by atoms with E-state index in [1.165, 1.54) is 5.56 Å². The summed E-state index contributed by atoms with van der Waals surface area (Å²) < 4.78 is 5.00. The molecule has 2 aliphatic heterocycles. The zero-order valence-electron chi connectivity index (χ0n) is 17.1. The number of nitrogens with zero attached hydrogens (tertiary/aromatic N) is 4. The van der Waals surface area contributed by atoms with Crippen LogP contribution < -0.4 is 5.84 Å². The minimum absolute atomic E-state index is 0.0813. The van der Waals surface area contributed by atoms with Crippen molar-refractivity contribution in [2.75, 3.05) is 0 Å². The van der Waals surface area contributed by atoms with E-state index < -0.39 is 5.60 Å². The second-order valence-corrected chi connectivity index (χ2v) is 8.19. The van der Waals surface area contributed by atoms with E-state index in [0.717, 1.165) is 25.7 Å². The minimum atomic E-state index is -1.05. The SMILES string of the molecule is N[N+]12C=C(C#CC3(O)CCCCC3Cc3ccccc3)N=CC1=NC(c1ccco1)=N2. The highest BCUT2D eigenvalue weighted by Gasteiger charge is 2.40. The largest absolute Gasteiger partial charge is 0.461 e. The number of aliphatic imine (C=N–C) groups is 2. The van der Waals surface area contributed by atoms with Gasteiger partial charge in [-0.2, -0.15) is 4.99 Å². The molecule has 0 spiro atoms. The molecule has 7 heteroatoms. The van der Waals surface area contributed by atoms with Gasteiger partial charge in [0.15, 0.2) is 17.7 Å². The molecule has 2 aromatic rings. The number of furan rings is 1. The first-order valence-corrected chi connectivity index (χ1v) is 10.5. The summed E-state index contributed by atoms with van der Waals surface area (Å²) in [6.07, 6.45) is 9.25. The molecule has 3 atom stereocenters. The number of aliphatic hydroxyl groups is 1. The van der Waals surface area contributed by atoms with Gasteiger partial charge in [-0.3, -0.25) is 0 Å². The monoisotopic (exact) mass is 414 g/mol. The van der Waals surface area contributed by atoms with Crippen molar-refractivity contribution in [1.82, 2.24) is 0 Å². The standard InChI is InChI=1S/C24H24N5O2/c25-29-17-20(26-16-22(29)27-23(28-29)21-10-6-14-31-21)11-13-24(30)12-5-4-9-19(24)15-18-7-2-1-3-8-18/h1-3,6-8,10,14,16-17,19,30H,4-5,9,12,15,25H2/q+1. The van der Waals surface area contributed by atoms with E-state index in [-0.39, 0.29) is 10.6 Å². The average Bonchev–Trinajstić information content (AvgIpc) is 3.42. The highest BCUT2D eigenvalue weighted by Crippen LogP contribution is 2.36. The van der Waals surface area contributed by atoms with Crippen molar-refractivity contribution in [1.29, 1.82) is 0 Å². The van der Waals surface area contributed by atoms with Crippen molar-refractivity contribution in [2.24, 2.45) is 26.8 Å². The maximum atomic E-state index is 11.4. The Kier molecular flexibility index (Phi) is 4.91. The third-order valence-corrected chi connectivity index (χ3v) is 6.00. The lowest BCUT2D eigenvalue weighted by atomic mass is 9.73. The molecule has 0 saturated heterocycles. The quantitative estimate of drug-likeness (QED) is 0.459. The molecule has 1 aromatic heterocycles. The maximum absolute atomic E-state index is 11.4. The molecule has 3 heterocycles. The van der Waals surface area contributed by atoms with Crippen LogP contribution in [0.2, 0.25) is 0 Å². The van der Waals surface area contributed by atoms with Gasteiger partial charge in [-0.05, 0) is 59.1 Å². The van der Waals surface area contributed by atoms with Crippen molar-refractivity contribution < 1.29 is 14.2 Å². The lowest BCUT2D eigenvalue weighted by Gasteiger charge is -2.36. The molecule has 1 aliphatic carbocycles. The number of fused-ring (bicyclic) bond motifs is 1. The summed E-state index contributed by atoms with van der Waals surface area (Å²) in [6.45, 7) is 0. The number of benzene rings is 1. The number of hydrogen-bond acceptors (Lipinski definition) is 6. The second-order valence-electron chi connectivity index (χ2n) is 8.19. The van der Waals surface area contributed by atoms with Gasteiger partial charge in [0.2, 0.25) is 0 Å². The Balaban J connectivity index is 1.39. The van der Waals surface area contributed by atoms with Gasteiger partial charge in [0.25, 0.3) is 11.7 Å². The predicted octanol–water partition coefficient (Wildman–Crippen LogP) is 3.14. The fraction of sp³-hybridized carbons (Fsp3) is 0.292. The first kappa shape index (κ1) is 19.6. The molecule has 0 bridgehead atoms. The van der Waals surface area contributed by atoms with Crippen molar-refractivity contribution >= 4 is 17.9 Å². The molecule has 7 nitrogen and oxygen atoms in total. The van der Waals surface area contributed by atoms with E-state index in [1.807, 2.05) is 18.2 Å². The Labute approximate surface area is 180 Å². The highest BCUT2D eigenvalue weighted by atomic mass is 16.3. The van der Waals surface area contributed by atoms with Crippen LogP contribution >= 0.6 is 0 Å². The smallest absolute Gasteiger partial charge is 0.300 e. The first-order chi connectivity index (χ1) is 15.0. The normalized spacial score (nSPS) is 29.4. The van der Waals surface area contributed by atoms with Crippen LogP contribution in [0.4, 0.5) is 0 Å². The summed E-state index contributed by atoms with van der Waals surface area (Å²) in [5, 5.41) is 15.8. The van der Waals surface area contributed by atoms with E-state index in [1.54, 1.807) is 30.8 Å². The van der Waals surface area contributed by atoms with Crippen molar-refractivity contribution in [2.45, 2.75) is 37.7 Å². The van der Waals surface area contributed by atoms with Gasteiger partial charge in [0.05, 0.1) is 6.26 Å². The van der Waals surface area contributed by atoms with Crippen LogP contribution in [0.1, 0.15) is 37.0 Å². The van der Waals surface area contributed by atoms with E-state index in [4.69, 9.17) is 10.3 Å². The highest BCUT2D eigenvalue weighted by molar-refractivity contribution is 6.31. The van der Waals surface area contributed by atoms with Crippen LogP contribution in [0.3, 0.4) is 0 Å². The van der Waals surface area contributed by atoms with Crippen LogP contribution in [0.5, 0.6) is 0 Å². The molecule has 3 N–H and O–H groups in total. The number of allylic oxidation sites excluding steroid dienone is 1. The van der Waals surface area contributed by atoms with E-state index in [0.29, 0.717) is 29.5 Å². The van der Waals surface area contributed by atoms with Crippen molar-refractivity contribution in [3.05, 3.63) is 71.9 Å². The molecule has 156 valence electrons. The molecule has 0 radical (unpaired) electrons. The molecule has 0 amide bonds. The molecule has 3 unspecified atom stereocenters. The molecular weight excluding hydrogens is 390 g/mol. The van der Waals surface area contributed by atoms with Crippen LogP contribution in [-0.2, 0) is 6.42 Å². The Hall–Kier alpha value is -3.31. The Bertz CT molecular complexity index is 1150. The number of nitrogens with two attached hydrogens (primary N) is 1. The van der Waals surface area contributed by atoms with E-state index >= 15 is 0 Å². The molecule has 3 aliphatic rings. The Morgan fingerprint density at radius 3 is 2.87 bits per heavy atom. The van der Waals surface area contributed by atoms with Gasteiger partial charge in [0.1, 0.15) is 11.8 Å². The lowest BCUT2D eigenvalue weighted by molar-refractivity contribution is -0.803. The van der Waals surface area contributed by atoms with Gasteiger partial charge in [0, 0.05) is 5.92 Å². The van der Waals surface area contributed by atoms with Crippen LogP contribution in [0.15, 0.2) is 80.1 Å². The zero-order chi connectivity index (χ0) is 21.3. The van der Waals surface area contributed by atoms with Crippen molar-refractivity contribution in [3.8, 4) is 11.8 Å². The van der Waals surface area contributed by atoms with E-state index in [9.17, 15) is 5.11 Å². The second kappa shape index (κ2) is 7.75. The first-order valence-electron chi connectivity index (χ1n) is 10.5. The van der Waals surface area contributed by atoms with Crippen LogP contribution in [-0.4, -0.2) is 33.3 Å². The number of rotatable bonds is 3. The Morgan fingerprint density at radius 2 is 2.06 bits per heavy atom. The Morgan fingerprint density at radius 1 is 1.19 bits per heavy atom. The summed E-state index contributed by atoms with van der Waals surface area (Å²) in [4.78, 5) is 8.79. The van der Waals surface area contributed by atoms with E-state index in [2.05, 4.69) is 39.1 Å². The minimum Gasteiger partial charge on any atom is -0.461 e. The van der Waals surface area contributed by atoms with Gasteiger partial charge < -0.3 is 9.52 Å². The van der Waals surface area contributed by atoms with Gasteiger partial charge in [-0.25, -0.2) is 4.99 Å². The average molecular weight is 414 g/mol. The summed E-state index contributed by atoms with van der Waals surface area (Å²) in [6, 6.07) is 13.8. The maximum Gasteiger partial charge on any atom is 0.300 e. The fourth-order valence-corrected chi connectivity index (χ4v) is 4.29.